The van der Waals surface area contributed by atoms with E-state index >= 15 is 0 Å². The van der Waals surface area contributed by atoms with E-state index in [-0.39, 0.29) is 17.4 Å². The fourth-order valence-corrected chi connectivity index (χ4v) is 1.57. The predicted molar refractivity (Wildman–Crippen MR) is 60.6 cm³/mol. The summed E-state index contributed by atoms with van der Waals surface area (Å²) in [6.45, 7) is 7.84. The Morgan fingerprint density at radius 1 is 1.19 bits per heavy atom. The molecule has 2 aromatic heterocycles. The second-order valence-corrected chi connectivity index (χ2v) is 4.51. The zero-order valence-corrected chi connectivity index (χ0v) is 9.87. The molecular formula is C11H15N3O2. The van der Waals surface area contributed by atoms with Gasteiger partial charge in [0.05, 0.1) is 0 Å². The van der Waals surface area contributed by atoms with Crippen LogP contribution in [-0.4, -0.2) is 15.1 Å². The highest BCUT2D eigenvalue weighted by Crippen LogP contribution is 2.21. The molecule has 0 aliphatic carbocycles. The Bertz CT molecular complexity index is 566. The first-order valence-corrected chi connectivity index (χ1v) is 5.40. The molecule has 5 heteroatoms. The number of aromatic amines is 1. The first-order chi connectivity index (χ1) is 7.50. The van der Waals surface area contributed by atoms with Gasteiger partial charge in [-0.1, -0.05) is 32.9 Å². The van der Waals surface area contributed by atoms with Crippen molar-refractivity contribution >= 4 is 11.0 Å². The number of hydrogen-bond acceptors (Lipinski definition) is 4. The molecular weight excluding hydrogens is 206 g/mol. The molecule has 0 saturated carbocycles. The van der Waals surface area contributed by atoms with E-state index in [2.05, 4.69) is 15.1 Å². The van der Waals surface area contributed by atoms with E-state index in [1.54, 1.807) is 0 Å². The molecule has 86 valence electrons. The van der Waals surface area contributed by atoms with Crippen LogP contribution in [0.3, 0.4) is 0 Å². The summed E-state index contributed by atoms with van der Waals surface area (Å²) in [5, 5.41) is 4.31. The lowest BCUT2D eigenvalue weighted by Gasteiger charge is -2.03. The van der Waals surface area contributed by atoms with Crippen LogP contribution in [0.15, 0.2) is 9.32 Å². The van der Waals surface area contributed by atoms with E-state index in [4.69, 9.17) is 4.52 Å². The van der Waals surface area contributed by atoms with Crippen LogP contribution in [0.5, 0.6) is 0 Å². The Hall–Kier alpha value is -1.65. The van der Waals surface area contributed by atoms with Crippen molar-refractivity contribution in [2.24, 2.45) is 0 Å². The average Bonchev–Trinajstić information content (AvgIpc) is 2.61. The van der Waals surface area contributed by atoms with E-state index in [0.29, 0.717) is 22.6 Å². The number of nitrogens with zero attached hydrogens (tertiary/aromatic N) is 2. The van der Waals surface area contributed by atoms with Gasteiger partial charge >= 0.3 is 0 Å². The zero-order chi connectivity index (χ0) is 11.9. The molecule has 0 fully saturated rings. The van der Waals surface area contributed by atoms with Gasteiger partial charge in [-0.3, -0.25) is 4.79 Å². The first kappa shape index (κ1) is 10.9. The van der Waals surface area contributed by atoms with E-state index in [9.17, 15) is 4.79 Å². The van der Waals surface area contributed by atoms with Crippen molar-refractivity contribution < 1.29 is 4.52 Å². The second-order valence-electron chi connectivity index (χ2n) is 4.51. The Balaban J connectivity index is 2.74. The van der Waals surface area contributed by atoms with Gasteiger partial charge in [-0.15, -0.1) is 0 Å². The van der Waals surface area contributed by atoms with E-state index in [0.717, 1.165) is 0 Å². The van der Waals surface area contributed by atoms with E-state index in [1.807, 2.05) is 27.7 Å². The minimum Gasteiger partial charge on any atom is -0.358 e. The van der Waals surface area contributed by atoms with Crippen LogP contribution in [0.1, 0.15) is 51.1 Å². The van der Waals surface area contributed by atoms with Crippen molar-refractivity contribution in [2.45, 2.75) is 39.5 Å². The number of hydrogen-bond donors (Lipinski definition) is 1. The molecule has 0 atom stereocenters. The summed E-state index contributed by atoms with van der Waals surface area (Å²) >= 11 is 0. The molecule has 0 aliphatic rings. The van der Waals surface area contributed by atoms with Crippen LogP contribution >= 0.6 is 0 Å². The Labute approximate surface area is 92.9 Å². The number of H-pyrrole nitrogens is 1. The van der Waals surface area contributed by atoms with Crippen LogP contribution < -0.4 is 5.56 Å². The maximum atomic E-state index is 11.9. The topological polar surface area (TPSA) is 71.8 Å². The lowest BCUT2D eigenvalue weighted by atomic mass is 10.1. The summed E-state index contributed by atoms with van der Waals surface area (Å²) in [4.78, 5) is 18.9. The van der Waals surface area contributed by atoms with Gasteiger partial charge in [0.2, 0.25) is 5.65 Å². The molecule has 0 spiro atoms. The molecule has 0 saturated heterocycles. The highest BCUT2D eigenvalue weighted by Gasteiger charge is 2.18. The molecule has 2 rings (SSSR count). The third-order valence-corrected chi connectivity index (χ3v) is 2.47. The summed E-state index contributed by atoms with van der Waals surface area (Å²) in [6.07, 6.45) is 0. The van der Waals surface area contributed by atoms with Crippen molar-refractivity contribution in [1.29, 1.82) is 0 Å². The predicted octanol–water partition coefficient (Wildman–Crippen LogP) is 2.16. The van der Waals surface area contributed by atoms with Crippen LogP contribution in [0.4, 0.5) is 0 Å². The van der Waals surface area contributed by atoms with E-state index < -0.39 is 0 Å². The summed E-state index contributed by atoms with van der Waals surface area (Å²) in [7, 11) is 0. The third-order valence-electron chi connectivity index (χ3n) is 2.47. The lowest BCUT2D eigenvalue weighted by Crippen LogP contribution is -2.13. The molecule has 0 bridgehead atoms. The Morgan fingerprint density at radius 2 is 1.88 bits per heavy atom. The van der Waals surface area contributed by atoms with E-state index in [1.165, 1.54) is 0 Å². The Kier molecular flexibility index (Phi) is 2.53. The van der Waals surface area contributed by atoms with Gasteiger partial charge in [-0.25, -0.2) is 4.98 Å². The summed E-state index contributed by atoms with van der Waals surface area (Å²) in [5.74, 6) is 1.52. The maximum absolute atomic E-state index is 11.9. The van der Waals surface area contributed by atoms with Crippen molar-refractivity contribution in [3.63, 3.8) is 0 Å². The molecule has 0 radical (unpaired) electrons. The standard InChI is InChI=1S/C11H15N3O2/c1-5(2)8-7-10(14-16-8)12-9(6(3)4)13-11(7)15/h5-6H,1-4H3,(H,12,13,14,15). The molecule has 5 nitrogen and oxygen atoms in total. The number of fused-ring (bicyclic) bond motifs is 1. The van der Waals surface area contributed by atoms with Crippen LogP contribution in [-0.2, 0) is 0 Å². The zero-order valence-electron chi connectivity index (χ0n) is 9.87. The number of rotatable bonds is 2. The minimum absolute atomic E-state index is 0.123. The second kappa shape index (κ2) is 3.73. The van der Waals surface area contributed by atoms with Gasteiger partial charge in [0.25, 0.3) is 5.56 Å². The van der Waals surface area contributed by atoms with Crippen molar-refractivity contribution in [1.82, 2.24) is 15.1 Å². The molecule has 2 aromatic rings. The van der Waals surface area contributed by atoms with Gasteiger partial charge in [-0.05, 0) is 0 Å². The van der Waals surface area contributed by atoms with Gasteiger partial charge in [0.15, 0.2) is 5.76 Å². The largest absolute Gasteiger partial charge is 0.358 e. The molecule has 16 heavy (non-hydrogen) atoms. The Morgan fingerprint density at radius 3 is 2.44 bits per heavy atom. The SMILES string of the molecule is CC(C)c1nc2noc(C(C)C)c2c(=O)[nH]1. The van der Waals surface area contributed by atoms with Crippen LogP contribution in [0.2, 0.25) is 0 Å². The molecule has 0 amide bonds. The smallest absolute Gasteiger partial charge is 0.264 e. The van der Waals surface area contributed by atoms with Crippen molar-refractivity contribution in [2.75, 3.05) is 0 Å². The van der Waals surface area contributed by atoms with Crippen LogP contribution in [0.25, 0.3) is 11.0 Å². The minimum atomic E-state index is -0.168. The van der Waals surface area contributed by atoms with Gasteiger partial charge in [0.1, 0.15) is 11.2 Å². The fraction of sp³-hybridized carbons (Fsp3) is 0.545. The quantitative estimate of drug-likeness (QED) is 0.843. The third kappa shape index (κ3) is 1.62. The summed E-state index contributed by atoms with van der Waals surface area (Å²) in [5.41, 5.74) is 0.231. The lowest BCUT2D eigenvalue weighted by molar-refractivity contribution is 0.377. The van der Waals surface area contributed by atoms with Gasteiger partial charge in [-0.2, -0.15) is 0 Å². The van der Waals surface area contributed by atoms with Crippen molar-refractivity contribution in [3.05, 3.63) is 21.9 Å². The highest BCUT2D eigenvalue weighted by molar-refractivity contribution is 5.75. The van der Waals surface area contributed by atoms with Crippen LogP contribution in [0, 0.1) is 0 Å². The first-order valence-electron chi connectivity index (χ1n) is 5.40. The normalized spacial score (nSPS) is 11.9. The molecule has 0 aliphatic heterocycles. The maximum Gasteiger partial charge on any atom is 0.264 e. The molecule has 0 unspecified atom stereocenters. The summed E-state index contributed by atoms with van der Waals surface area (Å²) < 4.78 is 5.16. The summed E-state index contributed by atoms with van der Waals surface area (Å²) in [6, 6.07) is 0. The molecule has 0 aromatic carbocycles. The highest BCUT2D eigenvalue weighted by atomic mass is 16.5. The van der Waals surface area contributed by atoms with Gasteiger partial charge in [0, 0.05) is 11.8 Å². The van der Waals surface area contributed by atoms with Gasteiger partial charge < -0.3 is 9.51 Å². The molecule has 2 heterocycles. The monoisotopic (exact) mass is 221 g/mol. The number of aromatic nitrogens is 3. The van der Waals surface area contributed by atoms with Crippen molar-refractivity contribution in [3.8, 4) is 0 Å². The average molecular weight is 221 g/mol. The fourth-order valence-electron chi connectivity index (χ4n) is 1.57. The number of nitrogens with one attached hydrogen (secondary N) is 1. The molecule has 1 N–H and O–H groups in total.